The average Bonchev–Trinajstić information content (AvgIpc) is 2.38. The zero-order chi connectivity index (χ0) is 14.0. The molecule has 1 aromatic heterocycles. The second-order valence-electron chi connectivity index (χ2n) is 4.28. The molecule has 9 heteroatoms. The predicted molar refractivity (Wildman–Crippen MR) is 76.5 cm³/mol. The molecule has 0 aliphatic carbocycles. The Balaban J connectivity index is 2.16. The summed E-state index contributed by atoms with van der Waals surface area (Å²) < 4.78 is 24.3. The molecular formula is C10H15N5O2S2. The van der Waals surface area contributed by atoms with Gasteiger partial charge < -0.3 is 10.6 Å². The second kappa shape index (κ2) is 5.35. The highest BCUT2D eigenvalue weighted by atomic mass is 32.2. The first-order valence-electron chi connectivity index (χ1n) is 5.71. The summed E-state index contributed by atoms with van der Waals surface area (Å²) in [6.45, 7) is 1.93. The zero-order valence-corrected chi connectivity index (χ0v) is 12.1. The smallest absolute Gasteiger partial charge is 0.211 e. The first-order chi connectivity index (χ1) is 8.89. The molecule has 1 aliphatic heterocycles. The van der Waals surface area contributed by atoms with Gasteiger partial charge in [0, 0.05) is 26.2 Å². The van der Waals surface area contributed by atoms with Crippen LogP contribution in [0.1, 0.15) is 5.56 Å². The summed E-state index contributed by atoms with van der Waals surface area (Å²) in [5.74, 6) is 0.614. The Morgan fingerprint density at radius 2 is 2.00 bits per heavy atom. The highest BCUT2D eigenvalue weighted by Gasteiger charge is 2.25. The minimum atomic E-state index is -3.14. The second-order valence-corrected chi connectivity index (χ2v) is 6.70. The molecule has 0 saturated carbocycles. The van der Waals surface area contributed by atoms with Crippen LogP contribution in [0.2, 0.25) is 0 Å². The lowest BCUT2D eigenvalue weighted by Crippen LogP contribution is -2.49. The number of nitrogens with zero attached hydrogens (tertiary/aromatic N) is 4. The number of nitrogens with two attached hydrogens (primary N) is 1. The van der Waals surface area contributed by atoms with Crippen molar-refractivity contribution in [2.75, 3.05) is 37.3 Å². The van der Waals surface area contributed by atoms with Crippen LogP contribution in [-0.2, 0) is 10.0 Å². The SMILES string of the molecule is CS(=O)(=O)N1CCN(c2nnccc2C(N)=S)CC1. The molecule has 19 heavy (non-hydrogen) atoms. The third kappa shape index (κ3) is 3.17. The molecule has 2 heterocycles. The number of thiocarbonyl (C=S) groups is 1. The van der Waals surface area contributed by atoms with Crippen molar-refractivity contribution in [1.82, 2.24) is 14.5 Å². The number of aromatic nitrogens is 2. The van der Waals surface area contributed by atoms with E-state index in [0.717, 1.165) is 0 Å². The summed E-state index contributed by atoms with van der Waals surface area (Å²) in [6, 6.07) is 1.72. The van der Waals surface area contributed by atoms with Crippen LogP contribution >= 0.6 is 12.2 Å². The Morgan fingerprint density at radius 3 is 2.53 bits per heavy atom. The Morgan fingerprint density at radius 1 is 1.37 bits per heavy atom. The third-order valence-electron chi connectivity index (χ3n) is 2.97. The van der Waals surface area contributed by atoms with Crippen molar-refractivity contribution in [3.05, 3.63) is 17.8 Å². The van der Waals surface area contributed by atoms with Gasteiger partial charge in [0.1, 0.15) is 4.99 Å². The van der Waals surface area contributed by atoms with Crippen molar-refractivity contribution >= 4 is 33.0 Å². The summed E-state index contributed by atoms with van der Waals surface area (Å²) in [6.07, 6.45) is 2.75. The van der Waals surface area contributed by atoms with Gasteiger partial charge >= 0.3 is 0 Å². The summed E-state index contributed by atoms with van der Waals surface area (Å²) >= 11 is 4.98. The molecule has 1 aromatic rings. The minimum absolute atomic E-state index is 0.260. The van der Waals surface area contributed by atoms with Gasteiger partial charge in [0.05, 0.1) is 18.0 Å². The molecule has 7 nitrogen and oxygen atoms in total. The van der Waals surface area contributed by atoms with E-state index in [0.29, 0.717) is 37.6 Å². The van der Waals surface area contributed by atoms with E-state index >= 15 is 0 Å². The van der Waals surface area contributed by atoms with E-state index in [2.05, 4.69) is 10.2 Å². The van der Waals surface area contributed by atoms with Crippen molar-refractivity contribution in [3.63, 3.8) is 0 Å². The Hall–Kier alpha value is -1.32. The molecular weight excluding hydrogens is 286 g/mol. The molecule has 0 amide bonds. The van der Waals surface area contributed by atoms with Gasteiger partial charge in [-0.3, -0.25) is 0 Å². The topological polar surface area (TPSA) is 92.4 Å². The van der Waals surface area contributed by atoms with Crippen LogP contribution in [0.4, 0.5) is 5.82 Å². The largest absolute Gasteiger partial charge is 0.389 e. The van der Waals surface area contributed by atoms with Crippen LogP contribution in [0, 0.1) is 0 Å². The van der Waals surface area contributed by atoms with Gasteiger partial charge in [-0.15, -0.1) is 5.10 Å². The van der Waals surface area contributed by atoms with Crippen LogP contribution in [0.3, 0.4) is 0 Å². The van der Waals surface area contributed by atoms with E-state index in [9.17, 15) is 8.42 Å². The van der Waals surface area contributed by atoms with Crippen LogP contribution < -0.4 is 10.6 Å². The van der Waals surface area contributed by atoms with Gasteiger partial charge in [-0.2, -0.15) is 9.40 Å². The molecule has 0 aromatic carbocycles. The maximum atomic E-state index is 11.4. The van der Waals surface area contributed by atoms with Crippen molar-refractivity contribution in [3.8, 4) is 0 Å². The molecule has 0 spiro atoms. The number of hydrogen-bond acceptors (Lipinski definition) is 6. The molecule has 1 saturated heterocycles. The summed E-state index contributed by atoms with van der Waals surface area (Å²) in [4.78, 5) is 2.21. The maximum Gasteiger partial charge on any atom is 0.211 e. The quantitative estimate of drug-likeness (QED) is 0.730. The van der Waals surface area contributed by atoms with Crippen LogP contribution in [0.25, 0.3) is 0 Å². The molecule has 0 unspecified atom stereocenters. The average molecular weight is 301 g/mol. The first kappa shape index (κ1) is 14.1. The van der Waals surface area contributed by atoms with E-state index in [-0.39, 0.29) is 4.99 Å². The van der Waals surface area contributed by atoms with Crippen LogP contribution in [0.15, 0.2) is 12.3 Å². The van der Waals surface area contributed by atoms with Crippen molar-refractivity contribution in [2.24, 2.45) is 5.73 Å². The van der Waals surface area contributed by atoms with Crippen molar-refractivity contribution in [2.45, 2.75) is 0 Å². The van der Waals surface area contributed by atoms with Gasteiger partial charge in [0.15, 0.2) is 5.82 Å². The van der Waals surface area contributed by atoms with E-state index < -0.39 is 10.0 Å². The van der Waals surface area contributed by atoms with Gasteiger partial charge in [-0.1, -0.05) is 12.2 Å². The lowest BCUT2D eigenvalue weighted by Gasteiger charge is -2.34. The fraction of sp³-hybridized carbons (Fsp3) is 0.500. The Bertz CT molecular complexity index is 581. The fourth-order valence-electron chi connectivity index (χ4n) is 1.98. The third-order valence-corrected chi connectivity index (χ3v) is 4.50. The number of sulfonamides is 1. The lowest BCUT2D eigenvalue weighted by atomic mass is 10.2. The van der Waals surface area contributed by atoms with Crippen LogP contribution in [-0.4, -0.2) is 60.3 Å². The molecule has 0 radical (unpaired) electrons. The van der Waals surface area contributed by atoms with Gasteiger partial charge in [-0.25, -0.2) is 8.42 Å². The normalized spacial score (nSPS) is 17.4. The monoisotopic (exact) mass is 301 g/mol. The molecule has 0 atom stereocenters. The summed E-state index contributed by atoms with van der Waals surface area (Å²) in [5.41, 5.74) is 6.31. The van der Waals surface area contributed by atoms with Gasteiger partial charge in [-0.05, 0) is 6.07 Å². The summed E-state index contributed by atoms with van der Waals surface area (Å²) in [5, 5.41) is 7.88. The molecule has 1 fully saturated rings. The van der Waals surface area contributed by atoms with E-state index in [1.807, 2.05) is 4.90 Å². The molecule has 2 N–H and O–H groups in total. The summed E-state index contributed by atoms with van der Waals surface area (Å²) in [7, 11) is -3.14. The first-order valence-corrected chi connectivity index (χ1v) is 7.97. The number of piperazine rings is 1. The molecule has 1 aliphatic rings. The van der Waals surface area contributed by atoms with Gasteiger partial charge in [0.25, 0.3) is 0 Å². The van der Waals surface area contributed by atoms with E-state index in [4.69, 9.17) is 18.0 Å². The number of hydrogen-bond donors (Lipinski definition) is 1. The van der Waals surface area contributed by atoms with Crippen molar-refractivity contribution in [1.29, 1.82) is 0 Å². The Labute approximate surface area is 117 Å². The zero-order valence-electron chi connectivity index (χ0n) is 10.5. The number of rotatable bonds is 3. The van der Waals surface area contributed by atoms with Gasteiger partial charge in [0.2, 0.25) is 10.0 Å². The van der Waals surface area contributed by atoms with Crippen LogP contribution in [0.5, 0.6) is 0 Å². The number of anilines is 1. The highest BCUT2D eigenvalue weighted by Crippen LogP contribution is 2.18. The standard InChI is InChI=1S/C10H15N5O2S2/c1-19(16,17)15-6-4-14(5-7-15)10-8(9(11)18)2-3-12-13-10/h2-3H,4-7H2,1H3,(H2,11,18). The lowest BCUT2D eigenvalue weighted by molar-refractivity contribution is 0.386. The molecule has 2 rings (SSSR count). The van der Waals surface area contributed by atoms with E-state index in [1.54, 1.807) is 6.07 Å². The molecule has 0 bridgehead atoms. The van der Waals surface area contributed by atoms with Crippen molar-refractivity contribution < 1.29 is 8.42 Å². The Kier molecular flexibility index (Phi) is 3.97. The maximum absolute atomic E-state index is 11.4. The highest BCUT2D eigenvalue weighted by molar-refractivity contribution is 7.88. The predicted octanol–water partition coefficient (Wildman–Crippen LogP) is -0.808. The van der Waals surface area contributed by atoms with E-state index in [1.165, 1.54) is 16.8 Å². The molecule has 104 valence electrons. The minimum Gasteiger partial charge on any atom is -0.389 e. The fourth-order valence-corrected chi connectivity index (χ4v) is 2.97.